The second-order valence-electron chi connectivity index (χ2n) is 2.24. The molecule has 1 rings (SSSR count). The highest BCUT2D eigenvalue weighted by Gasteiger charge is 2.19. The molecular formula is C6H12O4. The van der Waals surface area contributed by atoms with Crippen molar-refractivity contribution in [3.8, 4) is 0 Å². The molecule has 0 unspecified atom stereocenters. The normalized spacial score (nSPS) is 23.4. The van der Waals surface area contributed by atoms with Gasteiger partial charge >= 0.3 is 0 Å². The minimum Gasteiger partial charge on any atom is -0.394 e. The Balaban J connectivity index is 2.11. The highest BCUT2D eigenvalue weighted by molar-refractivity contribution is 4.59. The SMILES string of the molecule is OC[C@H](O)CC1OCCO1. The van der Waals surface area contributed by atoms with E-state index in [0.717, 1.165) is 0 Å². The van der Waals surface area contributed by atoms with Gasteiger partial charge in [-0.3, -0.25) is 0 Å². The van der Waals surface area contributed by atoms with Gasteiger partial charge in [0.1, 0.15) is 0 Å². The van der Waals surface area contributed by atoms with E-state index in [0.29, 0.717) is 19.6 Å². The van der Waals surface area contributed by atoms with Crippen molar-refractivity contribution in [2.75, 3.05) is 19.8 Å². The Labute approximate surface area is 59.4 Å². The van der Waals surface area contributed by atoms with E-state index in [4.69, 9.17) is 19.7 Å². The van der Waals surface area contributed by atoms with E-state index >= 15 is 0 Å². The maximum Gasteiger partial charge on any atom is 0.160 e. The summed E-state index contributed by atoms with van der Waals surface area (Å²) >= 11 is 0. The highest BCUT2D eigenvalue weighted by Crippen LogP contribution is 2.09. The first-order valence-electron chi connectivity index (χ1n) is 3.35. The van der Waals surface area contributed by atoms with Crippen molar-refractivity contribution in [3.05, 3.63) is 0 Å². The lowest BCUT2D eigenvalue weighted by molar-refractivity contribution is -0.0771. The smallest absolute Gasteiger partial charge is 0.160 e. The van der Waals surface area contributed by atoms with Gasteiger partial charge in [0, 0.05) is 6.42 Å². The zero-order valence-electron chi connectivity index (χ0n) is 5.69. The first-order chi connectivity index (χ1) is 4.83. The Bertz CT molecular complexity index is 89.7. The molecule has 1 saturated heterocycles. The number of hydrogen-bond acceptors (Lipinski definition) is 4. The minimum atomic E-state index is -0.719. The standard InChI is InChI=1S/C6H12O4/c7-4-5(8)3-6-9-1-2-10-6/h5-8H,1-4H2/t5-/m1/s1. The number of aliphatic hydroxyl groups excluding tert-OH is 2. The molecule has 0 radical (unpaired) electrons. The van der Waals surface area contributed by atoms with Crippen LogP contribution in [-0.4, -0.2) is 42.4 Å². The summed E-state index contributed by atoms with van der Waals surface area (Å²) in [5, 5.41) is 17.3. The van der Waals surface area contributed by atoms with Crippen LogP contribution in [0.1, 0.15) is 6.42 Å². The lowest BCUT2D eigenvalue weighted by atomic mass is 10.2. The average Bonchev–Trinajstić information content (AvgIpc) is 2.40. The summed E-state index contributed by atoms with van der Waals surface area (Å²) in [5.74, 6) is 0. The van der Waals surface area contributed by atoms with Crippen LogP contribution in [0.2, 0.25) is 0 Å². The van der Waals surface area contributed by atoms with Gasteiger partial charge in [0.25, 0.3) is 0 Å². The molecule has 0 amide bonds. The van der Waals surface area contributed by atoms with Gasteiger partial charge in [-0.05, 0) is 0 Å². The summed E-state index contributed by atoms with van der Waals surface area (Å²) in [6.45, 7) is 0.939. The van der Waals surface area contributed by atoms with Crippen LogP contribution in [0, 0.1) is 0 Å². The summed E-state index contributed by atoms with van der Waals surface area (Å²) in [5.41, 5.74) is 0. The van der Waals surface area contributed by atoms with Gasteiger partial charge in [-0.1, -0.05) is 0 Å². The van der Waals surface area contributed by atoms with Crippen molar-refractivity contribution in [2.24, 2.45) is 0 Å². The summed E-state index contributed by atoms with van der Waals surface area (Å²) in [6.07, 6.45) is -0.679. The predicted molar refractivity (Wildman–Crippen MR) is 33.4 cm³/mol. The van der Waals surface area contributed by atoms with Crippen LogP contribution in [0.3, 0.4) is 0 Å². The molecular weight excluding hydrogens is 136 g/mol. The van der Waals surface area contributed by atoms with Crippen molar-refractivity contribution in [1.82, 2.24) is 0 Å². The maximum absolute atomic E-state index is 8.91. The second kappa shape index (κ2) is 3.88. The number of aliphatic hydroxyl groups is 2. The van der Waals surface area contributed by atoms with Crippen LogP contribution < -0.4 is 0 Å². The Morgan fingerprint density at radius 2 is 2.00 bits per heavy atom. The fourth-order valence-electron chi connectivity index (χ4n) is 0.840. The molecule has 0 saturated carbocycles. The van der Waals surface area contributed by atoms with Crippen LogP contribution >= 0.6 is 0 Å². The molecule has 0 aliphatic carbocycles. The molecule has 0 spiro atoms. The Hall–Kier alpha value is -0.160. The highest BCUT2D eigenvalue weighted by atomic mass is 16.7. The molecule has 0 bridgehead atoms. The van der Waals surface area contributed by atoms with Crippen molar-refractivity contribution >= 4 is 0 Å². The van der Waals surface area contributed by atoms with Gasteiger partial charge < -0.3 is 19.7 Å². The Morgan fingerprint density at radius 1 is 1.40 bits per heavy atom. The Morgan fingerprint density at radius 3 is 2.50 bits per heavy atom. The van der Waals surface area contributed by atoms with E-state index in [2.05, 4.69) is 0 Å². The van der Waals surface area contributed by atoms with E-state index in [1.54, 1.807) is 0 Å². The number of rotatable bonds is 3. The minimum absolute atomic E-state index is 0.233. The van der Waals surface area contributed by atoms with Crippen LogP contribution in [0.5, 0.6) is 0 Å². The first-order valence-corrected chi connectivity index (χ1v) is 3.35. The van der Waals surface area contributed by atoms with E-state index in [9.17, 15) is 0 Å². The number of hydrogen-bond donors (Lipinski definition) is 2. The van der Waals surface area contributed by atoms with Crippen molar-refractivity contribution in [2.45, 2.75) is 18.8 Å². The molecule has 0 aromatic heterocycles. The van der Waals surface area contributed by atoms with Gasteiger partial charge in [0.05, 0.1) is 25.9 Å². The third kappa shape index (κ3) is 2.22. The van der Waals surface area contributed by atoms with E-state index in [-0.39, 0.29) is 12.9 Å². The molecule has 60 valence electrons. The molecule has 0 aromatic carbocycles. The third-order valence-corrected chi connectivity index (χ3v) is 1.37. The second-order valence-corrected chi connectivity index (χ2v) is 2.24. The van der Waals surface area contributed by atoms with Crippen molar-refractivity contribution in [1.29, 1.82) is 0 Å². The quantitative estimate of drug-likeness (QED) is 0.544. The predicted octanol–water partition coefficient (Wildman–Crippen LogP) is -0.897. The first kappa shape index (κ1) is 7.94. The average molecular weight is 148 g/mol. The monoisotopic (exact) mass is 148 g/mol. The van der Waals surface area contributed by atoms with Crippen LogP contribution in [0.25, 0.3) is 0 Å². The largest absolute Gasteiger partial charge is 0.394 e. The topological polar surface area (TPSA) is 58.9 Å². The summed E-state index contributed by atoms with van der Waals surface area (Å²) in [6, 6.07) is 0. The van der Waals surface area contributed by atoms with E-state index in [1.807, 2.05) is 0 Å². The van der Waals surface area contributed by atoms with Crippen molar-refractivity contribution in [3.63, 3.8) is 0 Å². The molecule has 10 heavy (non-hydrogen) atoms. The van der Waals surface area contributed by atoms with E-state index in [1.165, 1.54) is 0 Å². The molecule has 1 heterocycles. The van der Waals surface area contributed by atoms with Crippen LogP contribution in [0.15, 0.2) is 0 Å². The molecule has 1 fully saturated rings. The van der Waals surface area contributed by atoms with Gasteiger partial charge in [0.2, 0.25) is 0 Å². The molecule has 1 aliphatic rings. The fourth-order valence-corrected chi connectivity index (χ4v) is 0.840. The Kier molecular flexibility index (Phi) is 3.08. The van der Waals surface area contributed by atoms with E-state index < -0.39 is 6.10 Å². The molecule has 1 atom stereocenters. The maximum atomic E-state index is 8.91. The molecule has 0 aromatic rings. The summed E-state index contributed by atoms with van der Waals surface area (Å²) < 4.78 is 10.1. The van der Waals surface area contributed by atoms with Crippen LogP contribution in [-0.2, 0) is 9.47 Å². The fraction of sp³-hybridized carbons (Fsp3) is 1.00. The van der Waals surface area contributed by atoms with Gasteiger partial charge in [-0.25, -0.2) is 0 Å². The van der Waals surface area contributed by atoms with Gasteiger partial charge in [-0.2, -0.15) is 0 Å². The van der Waals surface area contributed by atoms with Crippen molar-refractivity contribution < 1.29 is 19.7 Å². The lowest BCUT2D eigenvalue weighted by Crippen LogP contribution is -2.21. The van der Waals surface area contributed by atoms with Crippen LogP contribution in [0.4, 0.5) is 0 Å². The molecule has 2 N–H and O–H groups in total. The molecule has 4 heteroatoms. The molecule has 4 nitrogen and oxygen atoms in total. The summed E-state index contributed by atoms with van der Waals surface area (Å²) in [7, 11) is 0. The third-order valence-electron chi connectivity index (χ3n) is 1.37. The van der Waals surface area contributed by atoms with Gasteiger partial charge in [-0.15, -0.1) is 0 Å². The molecule has 1 aliphatic heterocycles. The number of ether oxygens (including phenoxy) is 2. The summed E-state index contributed by atoms with van der Waals surface area (Å²) in [4.78, 5) is 0. The lowest BCUT2D eigenvalue weighted by Gasteiger charge is -2.11. The van der Waals surface area contributed by atoms with Gasteiger partial charge in [0.15, 0.2) is 6.29 Å². The zero-order valence-corrected chi connectivity index (χ0v) is 5.69. The zero-order chi connectivity index (χ0) is 7.40.